The number of allylic oxidation sites excluding steroid dienone is 1. The molecule has 0 saturated carbocycles. The minimum Gasteiger partial charge on any atom is -0.342 e. The van der Waals surface area contributed by atoms with Gasteiger partial charge >= 0.3 is 0 Å². The van der Waals surface area contributed by atoms with E-state index in [1.165, 1.54) is 11.3 Å². The van der Waals surface area contributed by atoms with E-state index >= 15 is 0 Å². The van der Waals surface area contributed by atoms with E-state index in [0.29, 0.717) is 11.8 Å². The molecule has 3 nitrogen and oxygen atoms in total. The second kappa shape index (κ2) is 3.94. The minimum absolute atomic E-state index is 0.484. The molecule has 0 fully saturated rings. The Kier molecular flexibility index (Phi) is 2.51. The van der Waals surface area contributed by atoms with Gasteiger partial charge in [0.15, 0.2) is 5.65 Å². The number of nitrogens with one attached hydrogen (secondary N) is 1. The maximum absolute atomic E-state index is 4.75. The van der Waals surface area contributed by atoms with Gasteiger partial charge in [0.05, 0.1) is 11.4 Å². The fourth-order valence-corrected chi connectivity index (χ4v) is 2.36. The second-order valence-corrected chi connectivity index (χ2v) is 5.72. The lowest BCUT2D eigenvalue weighted by Crippen LogP contribution is -1.96. The van der Waals surface area contributed by atoms with Gasteiger partial charge in [0, 0.05) is 12.1 Å². The molecule has 0 saturated heterocycles. The maximum Gasteiger partial charge on any atom is 0.156 e. The standard InChI is InChI=1S/C15H19N3/c1-8(2)10-5-12-13(6-10)18-15-14(16-12)7-11(17-15)9(3)4/h6-9H,5H2,1-4H3,(H,17,18). The summed E-state index contributed by atoms with van der Waals surface area (Å²) in [6, 6.07) is 2.13. The van der Waals surface area contributed by atoms with Crippen molar-refractivity contribution < 1.29 is 0 Å². The average Bonchev–Trinajstić information content (AvgIpc) is 2.87. The van der Waals surface area contributed by atoms with Crippen LogP contribution in [0.3, 0.4) is 0 Å². The topological polar surface area (TPSA) is 41.6 Å². The number of hydrogen-bond donors (Lipinski definition) is 1. The highest BCUT2D eigenvalue weighted by Crippen LogP contribution is 2.29. The van der Waals surface area contributed by atoms with Crippen molar-refractivity contribution in [1.82, 2.24) is 15.0 Å². The quantitative estimate of drug-likeness (QED) is 0.871. The molecule has 18 heavy (non-hydrogen) atoms. The van der Waals surface area contributed by atoms with Crippen molar-refractivity contribution in [2.24, 2.45) is 5.92 Å². The van der Waals surface area contributed by atoms with Crippen molar-refractivity contribution in [1.29, 1.82) is 0 Å². The van der Waals surface area contributed by atoms with Crippen LogP contribution in [0, 0.1) is 5.92 Å². The number of fused-ring (bicyclic) bond motifs is 2. The largest absolute Gasteiger partial charge is 0.342 e. The van der Waals surface area contributed by atoms with E-state index in [9.17, 15) is 0 Å². The molecule has 3 rings (SSSR count). The van der Waals surface area contributed by atoms with E-state index in [-0.39, 0.29) is 0 Å². The summed E-state index contributed by atoms with van der Waals surface area (Å²) in [6.07, 6.45) is 3.15. The Morgan fingerprint density at radius 2 is 1.89 bits per heavy atom. The minimum atomic E-state index is 0.484. The zero-order valence-electron chi connectivity index (χ0n) is 11.4. The highest BCUT2D eigenvalue weighted by atomic mass is 14.9. The molecule has 3 heteroatoms. The first-order valence-electron chi connectivity index (χ1n) is 6.64. The van der Waals surface area contributed by atoms with Crippen molar-refractivity contribution in [3.63, 3.8) is 0 Å². The van der Waals surface area contributed by atoms with E-state index < -0.39 is 0 Å². The summed E-state index contributed by atoms with van der Waals surface area (Å²) in [4.78, 5) is 12.8. The van der Waals surface area contributed by atoms with Crippen LogP contribution in [0.2, 0.25) is 0 Å². The Labute approximate surface area is 107 Å². The molecule has 0 radical (unpaired) electrons. The van der Waals surface area contributed by atoms with Gasteiger partial charge in [0.1, 0.15) is 5.52 Å². The maximum atomic E-state index is 4.75. The summed E-state index contributed by atoms with van der Waals surface area (Å²) in [5.74, 6) is 1.06. The third kappa shape index (κ3) is 1.74. The zero-order chi connectivity index (χ0) is 12.9. The van der Waals surface area contributed by atoms with Crippen LogP contribution in [-0.4, -0.2) is 15.0 Å². The van der Waals surface area contributed by atoms with Crippen molar-refractivity contribution in [2.75, 3.05) is 0 Å². The molecule has 0 bridgehead atoms. The molecule has 0 atom stereocenters. The summed E-state index contributed by atoms with van der Waals surface area (Å²) in [5.41, 5.74) is 6.72. The normalized spacial score (nSPS) is 14.7. The number of H-pyrrole nitrogens is 1. The van der Waals surface area contributed by atoms with E-state index in [2.05, 4.69) is 44.8 Å². The van der Waals surface area contributed by atoms with Crippen molar-refractivity contribution in [2.45, 2.75) is 40.0 Å². The van der Waals surface area contributed by atoms with Crippen LogP contribution in [0.4, 0.5) is 0 Å². The van der Waals surface area contributed by atoms with Crippen LogP contribution in [0.25, 0.3) is 17.2 Å². The fraction of sp³-hybridized carbons (Fsp3) is 0.467. The van der Waals surface area contributed by atoms with Crippen LogP contribution in [-0.2, 0) is 6.42 Å². The molecule has 0 aromatic carbocycles. The molecule has 0 spiro atoms. The van der Waals surface area contributed by atoms with Gasteiger partial charge in [-0.25, -0.2) is 9.97 Å². The monoisotopic (exact) mass is 241 g/mol. The third-order valence-corrected chi connectivity index (χ3v) is 3.64. The van der Waals surface area contributed by atoms with Gasteiger partial charge in [-0.1, -0.05) is 33.3 Å². The Hall–Kier alpha value is -1.64. The predicted octanol–water partition coefficient (Wildman–Crippen LogP) is 3.68. The molecule has 1 aliphatic rings. The number of aromatic amines is 1. The first-order valence-corrected chi connectivity index (χ1v) is 6.64. The van der Waals surface area contributed by atoms with Crippen LogP contribution in [0.5, 0.6) is 0 Å². The van der Waals surface area contributed by atoms with E-state index in [1.807, 2.05) is 0 Å². The van der Waals surface area contributed by atoms with Crippen molar-refractivity contribution in [3.05, 3.63) is 28.7 Å². The van der Waals surface area contributed by atoms with Crippen LogP contribution in [0.15, 0.2) is 11.6 Å². The first-order chi connectivity index (χ1) is 8.54. The fourth-order valence-electron chi connectivity index (χ4n) is 2.36. The van der Waals surface area contributed by atoms with E-state index in [1.54, 1.807) is 0 Å². The first kappa shape index (κ1) is 11.5. The molecular weight excluding hydrogens is 222 g/mol. The van der Waals surface area contributed by atoms with Gasteiger partial charge in [-0.2, -0.15) is 0 Å². The molecule has 1 N–H and O–H groups in total. The number of aromatic nitrogens is 3. The Bertz CT molecular complexity index is 632. The molecule has 0 aliphatic heterocycles. The van der Waals surface area contributed by atoms with Gasteiger partial charge in [-0.05, 0) is 24.0 Å². The molecule has 2 heterocycles. The second-order valence-electron chi connectivity index (χ2n) is 5.72. The van der Waals surface area contributed by atoms with Crippen LogP contribution in [0.1, 0.15) is 50.7 Å². The predicted molar refractivity (Wildman–Crippen MR) is 74.5 cm³/mol. The van der Waals surface area contributed by atoms with Gasteiger partial charge in [0.2, 0.25) is 0 Å². The van der Waals surface area contributed by atoms with Gasteiger partial charge in [-0.15, -0.1) is 0 Å². The highest BCUT2D eigenvalue weighted by molar-refractivity contribution is 5.75. The molecule has 2 aromatic rings. The third-order valence-electron chi connectivity index (χ3n) is 3.64. The molecule has 2 aromatic heterocycles. The van der Waals surface area contributed by atoms with E-state index in [4.69, 9.17) is 9.97 Å². The van der Waals surface area contributed by atoms with Crippen LogP contribution < -0.4 is 0 Å². The molecular formula is C15H19N3. The van der Waals surface area contributed by atoms with Gasteiger partial charge in [0.25, 0.3) is 0 Å². The lowest BCUT2D eigenvalue weighted by atomic mass is 10.0. The summed E-state index contributed by atoms with van der Waals surface area (Å²) >= 11 is 0. The Balaban J connectivity index is 2.09. The van der Waals surface area contributed by atoms with Crippen LogP contribution >= 0.6 is 0 Å². The molecule has 0 unspecified atom stereocenters. The summed E-state index contributed by atoms with van der Waals surface area (Å²) in [7, 11) is 0. The molecule has 1 aliphatic carbocycles. The number of nitrogens with zero attached hydrogens (tertiary/aromatic N) is 2. The smallest absolute Gasteiger partial charge is 0.156 e. The highest BCUT2D eigenvalue weighted by Gasteiger charge is 2.19. The van der Waals surface area contributed by atoms with Crippen molar-refractivity contribution >= 4 is 17.2 Å². The molecule has 94 valence electrons. The van der Waals surface area contributed by atoms with E-state index in [0.717, 1.165) is 29.0 Å². The average molecular weight is 241 g/mol. The van der Waals surface area contributed by atoms with Gasteiger partial charge < -0.3 is 4.98 Å². The summed E-state index contributed by atoms with van der Waals surface area (Å²) in [5, 5.41) is 0. The lowest BCUT2D eigenvalue weighted by Gasteiger charge is -2.03. The number of hydrogen-bond acceptors (Lipinski definition) is 2. The zero-order valence-corrected chi connectivity index (χ0v) is 11.4. The van der Waals surface area contributed by atoms with Crippen molar-refractivity contribution in [3.8, 4) is 0 Å². The van der Waals surface area contributed by atoms with Gasteiger partial charge in [-0.3, -0.25) is 0 Å². The summed E-state index contributed by atoms with van der Waals surface area (Å²) < 4.78 is 0. The SMILES string of the molecule is CC(C)C1=Cc2nc3[nH]c(C(C)C)cc3nc2C1. The summed E-state index contributed by atoms with van der Waals surface area (Å²) in [6.45, 7) is 8.80. The number of rotatable bonds is 2. The molecule has 0 amide bonds. The Morgan fingerprint density at radius 1 is 1.11 bits per heavy atom. The Morgan fingerprint density at radius 3 is 2.56 bits per heavy atom. The lowest BCUT2D eigenvalue weighted by molar-refractivity contribution is 0.750.